The molecule has 0 unspecified atom stereocenters. The van der Waals surface area contributed by atoms with E-state index in [1.807, 2.05) is 6.92 Å². The lowest BCUT2D eigenvalue weighted by Crippen LogP contribution is -2.01. The zero-order valence-corrected chi connectivity index (χ0v) is 9.49. The highest BCUT2D eigenvalue weighted by molar-refractivity contribution is 6.30. The predicted molar refractivity (Wildman–Crippen MR) is 60.1 cm³/mol. The van der Waals surface area contributed by atoms with Crippen LogP contribution in [0.25, 0.3) is 0 Å². The summed E-state index contributed by atoms with van der Waals surface area (Å²) in [5, 5.41) is 8.49. The number of halogens is 1. The largest absolute Gasteiger partial charge is 0.229 e. The number of hydrogen-bond acceptors (Lipinski definition) is 2. The van der Waals surface area contributed by atoms with Crippen LogP contribution in [0.3, 0.4) is 0 Å². The van der Waals surface area contributed by atoms with Gasteiger partial charge in [-0.05, 0) is 19.4 Å². The molecule has 0 N–H and O–H groups in total. The fourth-order valence-electron chi connectivity index (χ4n) is 1.36. The van der Waals surface area contributed by atoms with Crippen molar-refractivity contribution in [1.29, 1.82) is 0 Å². The highest BCUT2D eigenvalue weighted by atomic mass is 35.5. The van der Waals surface area contributed by atoms with E-state index in [9.17, 15) is 0 Å². The van der Waals surface area contributed by atoms with Gasteiger partial charge in [0.05, 0.1) is 12.2 Å². The highest BCUT2D eigenvalue weighted by Crippen LogP contribution is 2.13. The third-order valence-corrected chi connectivity index (χ3v) is 2.75. The summed E-state index contributed by atoms with van der Waals surface area (Å²) in [5.74, 6) is 0. The summed E-state index contributed by atoms with van der Waals surface area (Å²) in [6.45, 7) is 4.58. The molecule has 4 heteroatoms. The second-order valence-corrected chi connectivity index (χ2v) is 3.97. The molecule has 2 rings (SSSR count). The first kappa shape index (κ1) is 10.2. The van der Waals surface area contributed by atoms with Crippen molar-refractivity contribution >= 4 is 11.6 Å². The lowest BCUT2D eigenvalue weighted by molar-refractivity contribution is 0.650. The lowest BCUT2D eigenvalue weighted by Gasteiger charge is -2.02. The van der Waals surface area contributed by atoms with Crippen LogP contribution in [0.2, 0.25) is 5.15 Å². The van der Waals surface area contributed by atoms with E-state index in [1.54, 1.807) is 4.68 Å². The van der Waals surface area contributed by atoms with E-state index in [1.165, 1.54) is 11.1 Å². The Labute approximate surface area is 93.7 Å². The van der Waals surface area contributed by atoms with Gasteiger partial charge in [0.2, 0.25) is 0 Å². The molecule has 2 aromatic rings. The summed E-state index contributed by atoms with van der Waals surface area (Å²) >= 11 is 6.03. The lowest BCUT2D eigenvalue weighted by atomic mass is 10.1. The molecule has 0 aliphatic carbocycles. The second-order valence-electron chi connectivity index (χ2n) is 3.61. The Hall–Kier alpha value is -1.35. The smallest absolute Gasteiger partial charge is 0.150 e. The molecule has 0 atom stereocenters. The standard InChI is InChI=1S/C11H12ClN3/c1-8-3-5-10(6-4-8)7-15-11(12)9(2)13-14-15/h3-6H,7H2,1-2H3. The van der Waals surface area contributed by atoms with Crippen molar-refractivity contribution in [2.24, 2.45) is 0 Å². The Bertz CT molecular complexity index is 459. The molecule has 15 heavy (non-hydrogen) atoms. The van der Waals surface area contributed by atoms with E-state index in [0.717, 1.165) is 5.69 Å². The molecule has 0 aliphatic heterocycles. The molecule has 1 aromatic heterocycles. The molecule has 1 heterocycles. The van der Waals surface area contributed by atoms with Crippen LogP contribution >= 0.6 is 11.6 Å². The molecular weight excluding hydrogens is 210 g/mol. The van der Waals surface area contributed by atoms with E-state index in [0.29, 0.717) is 11.7 Å². The minimum Gasteiger partial charge on any atom is -0.229 e. The van der Waals surface area contributed by atoms with E-state index in [4.69, 9.17) is 11.6 Å². The summed E-state index contributed by atoms with van der Waals surface area (Å²) in [7, 11) is 0. The molecule has 0 saturated heterocycles. The summed E-state index contributed by atoms with van der Waals surface area (Å²) in [6, 6.07) is 8.30. The molecule has 0 aliphatic rings. The van der Waals surface area contributed by atoms with Crippen molar-refractivity contribution in [3.8, 4) is 0 Å². The number of nitrogens with zero attached hydrogens (tertiary/aromatic N) is 3. The summed E-state index contributed by atoms with van der Waals surface area (Å²) in [6.07, 6.45) is 0. The van der Waals surface area contributed by atoms with Crippen molar-refractivity contribution in [3.05, 3.63) is 46.2 Å². The van der Waals surface area contributed by atoms with Crippen LogP contribution in [-0.2, 0) is 6.54 Å². The molecule has 0 fully saturated rings. The number of hydrogen-bond donors (Lipinski definition) is 0. The maximum Gasteiger partial charge on any atom is 0.150 e. The Morgan fingerprint density at radius 1 is 1.20 bits per heavy atom. The van der Waals surface area contributed by atoms with E-state index in [2.05, 4.69) is 41.5 Å². The van der Waals surface area contributed by atoms with Crippen molar-refractivity contribution in [2.45, 2.75) is 20.4 Å². The van der Waals surface area contributed by atoms with Gasteiger partial charge in [-0.25, -0.2) is 4.68 Å². The van der Waals surface area contributed by atoms with Gasteiger partial charge in [-0.3, -0.25) is 0 Å². The average Bonchev–Trinajstić information content (AvgIpc) is 2.53. The van der Waals surface area contributed by atoms with Crippen LogP contribution in [0.4, 0.5) is 0 Å². The average molecular weight is 222 g/mol. The van der Waals surface area contributed by atoms with Crippen LogP contribution < -0.4 is 0 Å². The third-order valence-electron chi connectivity index (χ3n) is 2.28. The van der Waals surface area contributed by atoms with Gasteiger partial charge >= 0.3 is 0 Å². The van der Waals surface area contributed by atoms with Crippen LogP contribution in [0.15, 0.2) is 24.3 Å². The van der Waals surface area contributed by atoms with Gasteiger partial charge in [0, 0.05) is 0 Å². The topological polar surface area (TPSA) is 30.7 Å². The zero-order chi connectivity index (χ0) is 10.8. The monoisotopic (exact) mass is 221 g/mol. The van der Waals surface area contributed by atoms with Crippen LogP contribution in [0, 0.1) is 13.8 Å². The molecule has 0 saturated carbocycles. The Morgan fingerprint density at radius 2 is 1.87 bits per heavy atom. The Balaban J connectivity index is 2.22. The van der Waals surface area contributed by atoms with Crippen LogP contribution in [-0.4, -0.2) is 15.0 Å². The van der Waals surface area contributed by atoms with Gasteiger partial charge in [0.15, 0.2) is 5.15 Å². The first-order valence-corrected chi connectivity index (χ1v) is 5.16. The molecule has 78 valence electrons. The normalized spacial score (nSPS) is 10.6. The Morgan fingerprint density at radius 3 is 2.40 bits per heavy atom. The molecule has 1 aromatic carbocycles. The summed E-state index contributed by atoms with van der Waals surface area (Å²) < 4.78 is 1.70. The van der Waals surface area contributed by atoms with E-state index >= 15 is 0 Å². The van der Waals surface area contributed by atoms with E-state index in [-0.39, 0.29) is 0 Å². The maximum atomic E-state index is 6.03. The molecule has 0 bridgehead atoms. The molecule has 0 amide bonds. The van der Waals surface area contributed by atoms with Gasteiger partial charge in [0.1, 0.15) is 0 Å². The molecule has 0 radical (unpaired) electrons. The van der Waals surface area contributed by atoms with Gasteiger partial charge in [0.25, 0.3) is 0 Å². The number of aryl methyl sites for hydroxylation is 2. The summed E-state index contributed by atoms with van der Waals surface area (Å²) in [4.78, 5) is 0. The third kappa shape index (κ3) is 2.18. The van der Waals surface area contributed by atoms with Crippen molar-refractivity contribution < 1.29 is 0 Å². The minimum absolute atomic E-state index is 0.607. The van der Waals surface area contributed by atoms with Crippen molar-refractivity contribution in [3.63, 3.8) is 0 Å². The highest BCUT2D eigenvalue weighted by Gasteiger charge is 2.05. The number of aromatic nitrogens is 3. The van der Waals surface area contributed by atoms with Gasteiger partial charge in [-0.15, -0.1) is 5.10 Å². The minimum atomic E-state index is 0.607. The maximum absolute atomic E-state index is 6.03. The first-order valence-electron chi connectivity index (χ1n) is 4.78. The van der Waals surface area contributed by atoms with Crippen LogP contribution in [0.1, 0.15) is 16.8 Å². The van der Waals surface area contributed by atoms with Gasteiger partial charge < -0.3 is 0 Å². The van der Waals surface area contributed by atoms with Gasteiger partial charge in [-0.1, -0.05) is 46.6 Å². The molecular formula is C11H12ClN3. The van der Waals surface area contributed by atoms with Gasteiger partial charge in [-0.2, -0.15) is 0 Å². The second kappa shape index (κ2) is 4.03. The van der Waals surface area contributed by atoms with Crippen molar-refractivity contribution in [2.75, 3.05) is 0 Å². The quantitative estimate of drug-likeness (QED) is 0.781. The number of benzene rings is 1. The van der Waals surface area contributed by atoms with Crippen molar-refractivity contribution in [1.82, 2.24) is 15.0 Å². The first-order chi connectivity index (χ1) is 7.16. The summed E-state index contributed by atoms with van der Waals surface area (Å²) in [5.41, 5.74) is 3.19. The zero-order valence-electron chi connectivity index (χ0n) is 8.74. The number of rotatable bonds is 2. The fraction of sp³-hybridized carbons (Fsp3) is 0.273. The Kier molecular flexibility index (Phi) is 2.73. The fourth-order valence-corrected chi connectivity index (χ4v) is 1.49. The van der Waals surface area contributed by atoms with E-state index < -0.39 is 0 Å². The SMILES string of the molecule is Cc1ccc(Cn2nnc(C)c2Cl)cc1. The molecule has 0 spiro atoms. The molecule has 3 nitrogen and oxygen atoms in total. The van der Waals surface area contributed by atoms with Crippen LogP contribution in [0.5, 0.6) is 0 Å². The predicted octanol–water partition coefficient (Wildman–Crippen LogP) is 2.60.